The highest BCUT2D eigenvalue weighted by Crippen LogP contribution is 2.14. The van der Waals surface area contributed by atoms with Crippen LogP contribution in [0.25, 0.3) is 0 Å². The second-order valence-corrected chi connectivity index (χ2v) is 4.18. The molecule has 0 N–H and O–H groups in total. The van der Waals surface area contributed by atoms with Crippen LogP contribution in [0.5, 0.6) is 11.5 Å². The van der Waals surface area contributed by atoms with Crippen molar-refractivity contribution in [2.24, 2.45) is 0 Å². The van der Waals surface area contributed by atoms with E-state index in [1.54, 1.807) is 13.3 Å². The van der Waals surface area contributed by atoms with Crippen molar-refractivity contribution in [2.75, 3.05) is 14.2 Å². The zero-order chi connectivity index (χ0) is 15.8. The summed E-state index contributed by atoms with van der Waals surface area (Å²) >= 11 is 10.9. The maximum atomic E-state index is 10.3. The van der Waals surface area contributed by atoms with Gasteiger partial charge < -0.3 is 9.47 Å². The number of methoxy groups -OCH3 is 2. The number of hydrogen-bond donors (Lipinski definition) is 0. The number of aryl methyl sites for hydroxylation is 1. The first-order chi connectivity index (χ1) is 10.0. The molecule has 0 bridgehead atoms. The second kappa shape index (κ2) is 8.33. The van der Waals surface area contributed by atoms with Crippen molar-refractivity contribution in [3.63, 3.8) is 0 Å². The van der Waals surface area contributed by atoms with E-state index in [1.165, 1.54) is 13.3 Å². The highest BCUT2D eigenvalue weighted by molar-refractivity contribution is 6.28. The van der Waals surface area contributed by atoms with Crippen LogP contribution in [-0.2, 0) is 0 Å². The number of aromatic nitrogens is 4. The van der Waals surface area contributed by atoms with E-state index in [9.17, 15) is 4.79 Å². The molecule has 112 valence electrons. The number of aldehydes is 1. The van der Waals surface area contributed by atoms with Crippen molar-refractivity contribution in [1.82, 2.24) is 19.9 Å². The molecule has 0 atom stereocenters. The normalized spacial score (nSPS) is 9.38. The monoisotopic (exact) mass is 330 g/mol. The minimum Gasteiger partial charge on any atom is -0.493 e. The molecule has 0 radical (unpaired) electrons. The molecule has 0 aliphatic heterocycles. The van der Waals surface area contributed by atoms with Crippen molar-refractivity contribution >= 4 is 29.5 Å². The molecule has 0 amide bonds. The Labute approximate surface area is 131 Å². The standard InChI is InChI=1S/C6H5ClN2O2.C6H7ClN2O/c1-11-5-2-8-6(7)9-4(5)3-10;1-4-5(10-2)3-8-6(7)9-4/h2-3H,1H3;3H,1-2H3. The number of carbonyl (C=O) groups excluding carboxylic acids is 1. The Morgan fingerprint density at radius 1 is 1.00 bits per heavy atom. The zero-order valence-corrected chi connectivity index (χ0v) is 13.0. The first kappa shape index (κ1) is 17.1. The van der Waals surface area contributed by atoms with Crippen LogP contribution < -0.4 is 9.47 Å². The van der Waals surface area contributed by atoms with Gasteiger partial charge in [0.1, 0.15) is 5.69 Å². The summed E-state index contributed by atoms with van der Waals surface area (Å²) in [5.74, 6) is 0.980. The summed E-state index contributed by atoms with van der Waals surface area (Å²) in [6.07, 6.45) is 3.45. The largest absolute Gasteiger partial charge is 0.493 e. The number of carbonyl (C=O) groups is 1. The third kappa shape index (κ3) is 5.13. The summed E-state index contributed by atoms with van der Waals surface area (Å²) in [5, 5.41) is 0.284. The lowest BCUT2D eigenvalue weighted by Gasteiger charge is -2.00. The van der Waals surface area contributed by atoms with Crippen LogP contribution in [-0.4, -0.2) is 40.4 Å². The summed E-state index contributed by atoms with van der Waals surface area (Å²) in [5.41, 5.74) is 0.912. The van der Waals surface area contributed by atoms with Crippen LogP contribution >= 0.6 is 23.2 Å². The minimum atomic E-state index is 0.0351. The number of halogens is 2. The van der Waals surface area contributed by atoms with Gasteiger partial charge in [0.05, 0.1) is 32.3 Å². The minimum absolute atomic E-state index is 0.0351. The molecule has 0 spiro atoms. The van der Waals surface area contributed by atoms with Gasteiger partial charge in [0.2, 0.25) is 10.6 Å². The molecule has 0 aromatic carbocycles. The smallest absolute Gasteiger partial charge is 0.223 e. The van der Waals surface area contributed by atoms with E-state index >= 15 is 0 Å². The van der Waals surface area contributed by atoms with Gasteiger partial charge in [0.15, 0.2) is 17.8 Å². The topological polar surface area (TPSA) is 87.1 Å². The highest BCUT2D eigenvalue weighted by atomic mass is 35.5. The van der Waals surface area contributed by atoms with E-state index in [0.29, 0.717) is 17.8 Å². The molecular formula is C12H12Cl2N4O3. The Morgan fingerprint density at radius 2 is 1.52 bits per heavy atom. The predicted octanol–water partition coefficient (Wildman–Crippen LogP) is 2.40. The van der Waals surface area contributed by atoms with Gasteiger partial charge in [-0.3, -0.25) is 4.79 Å². The Balaban J connectivity index is 0.000000211. The third-order valence-electron chi connectivity index (χ3n) is 2.21. The zero-order valence-electron chi connectivity index (χ0n) is 11.5. The van der Waals surface area contributed by atoms with E-state index in [2.05, 4.69) is 19.9 Å². The quantitative estimate of drug-likeness (QED) is 0.630. The van der Waals surface area contributed by atoms with Crippen molar-refractivity contribution < 1.29 is 14.3 Å². The Morgan fingerprint density at radius 3 is 2.00 bits per heavy atom. The molecule has 0 fully saturated rings. The van der Waals surface area contributed by atoms with Crippen LogP contribution in [0.15, 0.2) is 12.4 Å². The summed E-state index contributed by atoms with van der Waals surface area (Å²) in [4.78, 5) is 25.2. The van der Waals surface area contributed by atoms with Crippen molar-refractivity contribution in [3.05, 3.63) is 34.3 Å². The van der Waals surface area contributed by atoms with Gasteiger partial charge in [0.25, 0.3) is 0 Å². The van der Waals surface area contributed by atoms with E-state index in [1.807, 2.05) is 6.92 Å². The maximum absolute atomic E-state index is 10.3. The van der Waals surface area contributed by atoms with Gasteiger partial charge in [-0.05, 0) is 30.1 Å². The van der Waals surface area contributed by atoms with Gasteiger partial charge in [0, 0.05) is 0 Å². The fourth-order valence-corrected chi connectivity index (χ4v) is 1.55. The number of ether oxygens (including phenoxy) is 2. The molecule has 9 heteroatoms. The van der Waals surface area contributed by atoms with E-state index in [0.717, 1.165) is 5.69 Å². The van der Waals surface area contributed by atoms with Gasteiger partial charge in [-0.1, -0.05) is 0 Å². The van der Waals surface area contributed by atoms with Crippen molar-refractivity contribution in [2.45, 2.75) is 6.92 Å². The molecule has 2 aromatic rings. The van der Waals surface area contributed by atoms with Crippen molar-refractivity contribution in [3.8, 4) is 11.5 Å². The molecule has 2 heterocycles. The SMILES string of the molecule is COc1cnc(Cl)nc1C.COc1cnc(Cl)nc1C=O. The number of nitrogens with zero attached hydrogens (tertiary/aromatic N) is 4. The summed E-state index contributed by atoms with van der Waals surface area (Å²) in [7, 11) is 3.00. The van der Waals surface area contributed by atoms with Crippen LogP contribution in [0.2, 0.25) is 10.6 Å². The highest BCUT2D eigenvalue weighted by Gasteiger charge is 2.03. The summed E-state index contributed by atoms with van der Waals surface area (Å²) in [6.45, 7) is 1.81. The summed E-state index contributed by atoms with van der Waals surface area (Å²) < 4.78 is 9.69. The Bertz CT molecular complexity index is 625. The van der Waals surface area contributed by atoms with E-state index < -0.39 is 0 Å². The average molecular weight is 331 g/mol. The Kier molecular flexibility index (Phi) is 6.77. The first-order valence-corrected chi connectivity index (χ1v) is 6.32. The molecule has 0 unspecified atom stereocenters. The molecule has 2 rings (SSSR count). The third-order valence-corrected chi connectivity index (χ3v) is 2.57. The predicted molar refractivity (Wildman–Crippen MR) is 77.3 cm³/mol. The van der Waals surface area contributed by atoms with Crippen LogP contribution in [0.1, 0.15) is 16.2 Å². The van der Waals surface area contributed by atoms with Gasteiger partial charge in [-0.25, -0.2) is 19.9 Å². The second-order valence-electron chi connectivity index (χ2n) is 3.50. The van der Waals surface area contributed by atoms with Crippen LogP contribution in [0.4, 0.5) is 0 Å². The molecule has 0 aliphatic rings. The summed E-state index contributed by atoms with van der Waals surface area (Å²) in [6, 6.07) is 0. The molecule has 21 heavy (non-hydrogen) atoms. The molecule has 7 nitrogen and oxygen atoms in total. The number of hydrogen-bond acceptors (Lipinski definition) is 7. The molecule has 0 aliphatic carbocycles. The van der Waals surface area contributed by atoms with Gasteiger partial charge in [-0.2, -0.15) is 0 Å². The average Bonchev–Trinajstić information content (AvgIpc) is 2.48. The van der Waals surface area contributed by atoms with Crippen LogP contribution in [0.3, 0.4) is 0 Å². The Hall–Kier alpha value is -1.99. The van der Waals surface area contributed by atoms with E-state index in [-0.39, 0.29) is 16.3 Å². The van der Waals surface area contributed by atoms with Crippen LogP contribution in [0, 0.1) is 6.92 Å². The van der Waals surface area contributed by atoms with E-state index in [4.69, 9.17) is 32.7 Å². The molecule has 0 saturated heterocycles. The fourth-order valence-electron chi connectivity index (χ4n) is 1.23. The molecular weight excluding hydrogens is 319 g/mol. The molecule has 0 saturated carbocycles. The lowest BCUT2D eigenvalue weighted by molar-refractivity contribution is 0.111. The van der Waals surface area contributed by atoms with Crippen molar-refractivity contribution in [1.29, 1.82) is 0 Å². The first-order valence-electron chi connectivity index (χ1n) is 5.56. The number of rotatable bonds is 3. The molecule has 2 aromatic heterocycles. The fraction of sp³-hybridized carbons (Fsp3) is 0.250. The lowest BCUT2D eigenvalue weighted by atomic mass is 10.4. The van der Waals surface area contributed by atoms with Gasteiger partial charge >= 0.3 is 0 Å². The lowest BCUT2D eigenvalue weighted by Crippen LogP contribution is -1.95. The maximum Gasteiger partial charge on any atom is 0.223 e. The van der Waals surface area contributed by atoms with Gasteiger partial charge in [-0.15, -0.1) is 0 Å².